The first-order valence-electron chi connectivity index (χ1n) is 15.7. The van der Waals surface area contributed by atoms with Crippen molar-refractivity contribution in [3.05, 3.63) is 46.7 Å². The lowest BCUT2D eigenvalue weighted by molar-refractivity contribution is -0.166. The second-order valence-electron chi connectivity index (χ2n) is 15.2. The predicted molar refractivity (Wildman–Crippen MR) is 172 cm³/mol. The Kier molecular flexibility index (Phi) is 7.60. The van der Waals surface area contributed by atoms with Gasteiger partial charge in [-0.1, -0.05) is 64.6 Å². The van der Waals surface area contributed by atoms with Gasteiger partial charge in [-0.3, -0.25) is 14.4 Å². The Morgan fingerprint density at radius 1 is 0.953 bits per heavy atom. The Hall–Kier alpha value is -2.54. The minimum atomic E-state index is -0.494. The number of ether oxygens (including phenoxy) is 2. The summed E-state index contributed by atoms with van der Waals surface area (Å²) in [5, 5.41) is -0.185. The van der Waals surface area contributed by atoms with Gasteiger partial charge in [0.25, 0.3) is 0 Å². The highest BCUT2D eigenvalue weighted by atomic mass is 32.2. The number of nitrogens with two attached hydrogens (primary N) is 1. The molecule has 1 aromatic rings. The molecular weight excluding hydrogens is 558 g/mol. The number of allylic oxidation sites excluding steroid dienone is 2. The van der Waals surface area contributed by atoms with E-state index in [2.05, 4.69) is 47.3 Å². The Labute approximate surface area is 261 Å². The first-order chi connectivity index (χ1) is 19.8. The zero-order chi connectivity index (χ0) is 31.9. The average Bonchev–Trinajstić information content (AvgIpc) is 2.89. The molecule has 0 heterocycles. The zero-order valence-corrected chi connectivity index (χ0v) is 28.3. The van der Waals surface area contributed by atoms with Gasteiger partial charge < -0.3 is 15.2 Å². The van der Waals surface area contributed by atoms with Crippen LogP contribution >= 0.6 is 11.8 Å². The van der Waals surface area contributed by atoms with Crippen LogP contribution in [-0.2, 0) is 19.8 Å². The molecule has 1 aromatic carbocycles. The number of fused-ring (bicyclic) bond motifs is 7. The maximum Gasteiger partial charge on any atom is 0.308 e. The molecule has 0 saturated heterocycles. The fourth-order valence-electron chi connectivity index (χ4n) is 9.70. The number of thioether (sulfide) groups is 1. The molecule has 7 atom stereocenters. The Bertz CT molecular complexity index is 1460. The molecule has 3 saturated carbocycles. The van der Waals surface area contributed by atoms with Gasteiger partial charge in [-0.15, -0.1) is 0 Å². The maximum atomic E-state index is 12.7. The number of esters is 1. The van der Waals surface area contributed by atoms with Crippen LogP contribution in [0, 0.1) is 34.5 Å². The molecule has 0 bridgehead atoms. The minimum Gasteiger partial charge on any atom is -0.459 e. The molecule has 0 spiro atoms. The van der Waals surface area contributed by atoms with Crippen molar-refractivity contribution in [2.75, 3.05) is 0 Å². The van der Waals surface area contributed by atoms with Crippen molar-refractivity contribution in [3.63, 3.8) is 0 Å². The Morgan fingerprint density at radius 3 is 2.19 bits per heavy atom. The summed E-state index contributed by atoms with van der Waals surface area (Å²) in [5.41, 5.74) is 9.56. The summed E-state index contributed by atoms with van der Waals surface area (Å²) < 4.78 is 11.8. The van der Waals surface area contributed by atoms with E-state index in [9.17, 15) is 14.4 Å². The highest BCUT2D eigenvalue weighted by molar-refractivity contribution is 8.13. The lowest BCUT2D eigenvalue weighted by Gasteiger charge is -2.70. The van der Waals surface area contributed by atoms with E-state index in [0.717, 1.165) is 61.6 Å². The molecule has 4 aliphatic carbocycles. The molecule has 2 N–H and O–H groups in total. The second kappa shape index (κ2) is 10.3. The fraction of sp³-hybridized carbons (Fsp3) is 0.639. The van der Waals surface area contributed by atoms with Gasteiger partial charge in [0.05, 0.1) is 11.0 Å². The first-order valence-corrected chi connectivity index (χ1v) is 16.6. The first kappa shape index (κ1) is 31.9. The number of carbonyl (C=O) groups excluding carboxylic acids is 3. The highest BCUT2D eigenvalue weighted by Gasteiger charge is 2.67. The van der Waals surface area contributed by atoms with Gasteiger partial charge in [-0.05, 0) is 98.1 Å². The number of benzene rings is 1. The standard InChI is InChI=1S/C36H49NO5S/c1-20(2)41-25-17-24-29(21(3)30(25)42-22(4)38)26(43-23(5)39)18-27-34(24,8)14-16-36(10)28-19-33(7,31(37)40)12-11-32(28,6)13-15-35(27,36)9/h17-18,26,28H,1,11-16,19H2,2-10H3,(H2,37,40)/t26?,28-,32-,33-,34+,35-,36+/m1/s1. The molecule has 0 radical (unpaired) electrons. The largest absolute Gasteiger partial charge is 0.459 e. The Morgan fingerprint density at radius 2 is 1.60 bits per heavy atom. The van der Waals surface area contributed by atoms with E-state index >= 15 is 0 Å². The van der Waals surface area contributed by atoms with E-state index in [1.807, 2.05) is 13.0 Å². The Balaban J connectivity index is 1.72. The third-order valence-electron chi connectivity index (χ3n) is 12.5. The van der Waals surface area contributed by atoms with Crippen molar-refractivity contribution in [1.82, 2.24) is 0 Å². The van der Waals surface area contributed by atoms with E-state index in [1.165, 1.54) is 24.3 Å². The monoisotopic (exact) mass is 607 g/mol. The smallest absolute Gasteiger partial charge is 0.308 e. The van der Waals surface area contributed by atoms with Gasteiger partial charge in [0.2, 0.25) is 5.91 Å². The molecule has 6 nitrogen and oxygen atoms in total. The van der Waals surface area contributed by atoms with Crippen molar-refractivity contribution in [2.45, 2.75) is 118 Å². The molecule has 1 unspecified atom stereocenters. The second-order valence-corrected chi connectivity index (χ2v) is 16.5. The predicted octanol–water partition coefficient (Wildman–Crippen LogP) is 8.25. The molecule has 3 fully saturated rings. The molecule has 5 rings (SSSR count). The number of hydrogen-bond donors (Lipinski definition) is 1. The number of amides is 1. The molecular formula is C36H49NO5S. The fourth-order valence-corrected chi connectivity index (χ4v) is 10.7. The highest BCUT2D eigenvalue weighted by Crippen LogP contribution is 2.75. The van der Waals surface area contributed by atoms with Crippen LogP contribution in [0.2, 0.25) is 0 Å². The SMILES string of the molecule is C=C(C)Oc1cc2c(c(C)c1OC(C)=O)C(SC(C)=O)C=C1[C@@]2(C)CC[C@@]2(C)[C@@H]3C[C@](C)(C(N)=O)CC[C@]3(C)CC[C@]12C. The summed E-state index contributed by atoms with van der Waals surface area (Å²) in [6.45, 7) is 22.5. The topological polar surface area (TPSA) is 95.7 Å². The maximum absolute atomic E-state index is 12.7. The van der Waals surface area contributed by atoms with Gasteiger partial charge >= 0.3 is 5.97 Å². The zero-order valence-electron chi connectivity index (χ0n) is 27.5. The summed E-state index contributed by atoms with van der Waals surface area (Å²) >= 11 is 1.32. The van der Waals surface area contributed by atoms with Gasteiger partial charge in [0, 0.05) is 30.2 Å². The van der Waals surface area contributed by atoms with Crippen molar-refractivity contribution in [3.8, 4) is 11.5 Å². The molecule has 4 aliphatic rings. The molecule has 7 heteroatoms. The van der Waals surface area contributed by atoms with Crippen LogP contribution in [-0.4, -0.2) is 17.0 Å². The van der Waals surface area contributed by atoms with Crippen LogP contribution in [0.15, 0.2) is 30.1 Å². The minimum absolute atomic E-state index is 0.0385. The molecule has 1 amide bonds. The van der Waals surface area contributed by atoms with E-state index in [1.54, 1.807) is 13.8 Å². The van der Waals surface area contributed by atoms with E-state index < -0.39 is 11.4 Å². The normalized spacial score (nSPS) is 37.9. The molecule has 43 heavy (non-hydrogen) atoms. The summed E-state index contributed by atoms with van der Waals surface area (Å²) in [7, 11) is 0. The van der Waals surface area contributed by atoms with Crippen LogP contribution < -0.4 is 15.2 Å². The van der Waals surface area contributed by atoms with Crippen molar-refractivity contribution in [2.24, 2.45) is 33.3 Å². The number of rotatable bonds is 5. The van der Waals surface area contributed by atoms with E-state index in [-0.39, 0.29) is 37.9 Å². The third-order valence-corrected chi connectivity index (χ3v) is 13.4. The van der Waals surface area contributed by atoms with Crippen LogP contribution in [0.25, 0.3) is 0 Å². The van der Waals surface area contributed by atoms with Crippen LogP contribution in [0.3, 0.4) is 0 Å². The van der Waals surface area contributed by atoms with Gasteiger partial charge in [0.15, 0.2) is 16.6 Å². The number of carbonyl (C=O) groups is 3. The molecule has 234 valence electrons. The summed E-state index contributed by atoms with van der Waals surface area (Å²) in [4.78, 5) is 37.6. The number of primary amides is 1. The van der Waals surface area contributed by atoms with E-state index in [0.29, 0.717) is 23.2 Å². The van der Waals surface area contributed by atoms with E-state index in [4.69, 9.17) is 15.2 Å². The van der Waals surface area contributed by atoms with Crippen molar-refractivity contribution < 1.29 is 23.9 Å². The lowest BCUT2D eigenvalue weighted by atomic mass is 9.34. The summed E-state index contributed by atoms with van der Waals surface area (Å²) in [6, 6.07) is 2.04. The third kappa shape index (κ3) is 4.71. The van der Waals surface area contributed by atoms with Crippen LogP contribution in [0.4, 0.5) is 0 Å². The summed E-state index contributed by atoms with van der Waals surface area (Å²) in [6.07, 6.45) is 9.14. The van der Waals surface area contributed by atoms with Gasteiger partial charge in [-0.2, -0.15) is 0 Å². The quantitative estimate of drug-likeness (QED) is 0.157. The van der Waals surface area contributed by atoms with Gasteiger partial charge in [-0.25, -0.2) is 0 Å². The number of hydrogen-bond acceptors (Lipinski definition) is 6. The van der Waals surface area contributed by atoms with Crippen LogP contribution in [0.5, 0.6) is 11.5 Å². The average molecular weight is 608 g/mol. The van der Waals surface area contributed by atoms with Crippen LogP contribution in [0.1, 0.15) is 122 Å². The lowest BCUT2D eigenvalue weighted by Crippen LogP contribution is -2.63. The molecule has 0 aromatic heterocycles. The summed E-state index contributed by atoms with van der Waals surface area (Å²) in [5.74, 6) is 1.11. The van der Waals surface area contributed by atoms with Crippen molar-refractivity contribution >= 4 is 28.8 Å². The molecule has 0 aliphatic heterocycles. The van der Waals surface area contributed by atoms with Gasteiger partial charge in [0.1, 0.15) is 0 Å². The van der Waals surface area contributed by atoms with Crippen molar-refractivity contribution in [1.29, 1.82) is 0 Å².